The molecular formula is C25H25BrClN5O6. The van der Waals surface area contributed by atoms with Crippen LogP contribution in [0.5, 0.6) is 5.75 Å². The number of hydrogen-bond donors (Lipinski definition) is 0. The van der Waals surface area contributed by atoms with Crippen LogP contribution < -0.4 is 10.3 Å². The third-order valence-corrected chi connectivity index (χ3v) is 6.87. The van der Waals surface area contributed by atoms with Gasteiger partial charge in [-0.15, -0.1) is 0 Å². The number of morpholine rings is 1. The number of hydrogen-bond acceptors (Lipinski definition) is 8. The minimum Gasteiger partial charge on any atom is -0.476 e. The molecule has 0 unspecified atom stereocenters. The molecule has 11 nitrogen and oxygen atoms in total. The molecule has 2 aromatic carbocycles. The van der Waals surface area contributed by atoms with E-state index < -0.39 is 22.8 Å². The second kappa shape index (κ2) is 12.0. The Labute approximate surface area is 231 Å². The van der Waals surface area contributed by atoms with Crippen LogP contribution in [0.1, 0.15) is 37.6 Å². The van der Waals surface area contributed by atoms with Gasteiger partial charge in [0.25, 0.3) is 11.5 Å². The maximum absolute atomic E-state index is 13.4. The molecule has 0 saturated carbocycles. The molecule has 1 aliphatic heterocycles. The zero-order valence-electron chi connectivity index (χ0n) is 20.7. The van der Waals surface area contributed by atoms with Crippen LogP contribution >= 0.6 is 27.5 Å². The molecule has 1 fully saturated rings. The molecule has 1 saturated heterocycles. The summed E-state index contributed by atoms with van der Waals surface area (Å²) in [5.41, 5.74) is -0.160. The molecule has 1 atom stereocenters. The summed E-state index contributed by atoms with van der Waals surface area (Å²) in [5.74, 6) is -0.187. The fourth-order valence-electron chi connectivity index (χ4n) is 3.93. The lowest BCUT2D eigenvalue weighted by molar-refractivity contribution is -0.385. The molecule has 0 radical (unpaired) electrons. The van der Waals surface area contributed by atoms with Crippen molar-refractivity contribution >= 4 is 56.2 Å². The number of halogens is 2. The van der Waals surface area contributed by atoms with Crippen molar-refractivity contribution in [2.75, 3.05) is 32.9 Å². The molecule has 13 heteroatoms. The molecular weight excluding hydrogens is 582 g/mol. The second-order valence-corrected chi connectivity index (χ2v) is 10.0. The lowest BCUT2D eigenvalue weighted by Crippen LogP contribution is -2.43. The molecule has 0 N–H and O–H groups in total. The number of carbonyl (C=O) groups is 1. The maximum atomic E-state index is 13.4. The maximum Gasteiger partial charge on any atom is 0.313 e. The van der Waals surface area contributed by atoms with Crippen molar-refractivity contribution in [1.82, 2.24) is 14.6 Å². The number of nitro groups is 1. The van der Waals surface area contributed by atoms with E-state index in [4.69, 9.17) is 21.1 Å². The highest BCUT2D eigenvalue weighted by atomic mass is 79.9. The molecule has 2 heterocycles. The Morgan fingerprint density at radius 1 is 1.34 bits per heavy atom. The Morgan fingerprint density at radius 2 is 2.08 bits per heavy atom. The first-order chi connectivity index (χ1) is 18.2. The van der Waals surface area contributed by atoms with Crippen molar-refractivity contribution in [2.45, 2.75) is 26.2 Å². The predicted octanol–water partition coefficient (Wildman–Crippen LogP) is 4.35. The smallest absolute Gasteiger partial charge is 0.313 e. The summed E-state index contributed by atoms with van der Waals surface area (Å²) in [6.45, 7) is 5.11. The number of nitrogens with zero attached hydrogens (tertiary/aromatic N) is 5. The summed E-state index contributed by atoms with van der Waals surface area (Å²) < 4.78 is 12.8. The molecule has 0 bridgehead atoms. The van der Waals surface area contributed by atoms with Gasteiger partial charge in [-0.2, -0.15) is 9.78 Å². The zero-order valence-corrected chi connectivity index (χ0v) is 23.1. The topological polar surface area (TPSA) is 129 Å². The number of ether oxygens (including phenoxy) is 2. The van der Waals surface area contributed by atoms with Crippen molar-refractivity contribution in [3.63, 3.8) is 0 Å². The molecule has 3 aromatic rings. The number of amides is 1. The van der Waals surface area contributed by atoms with E-state index in [0.29, 0.717) is 53.9 Å². The number of benzene rings is 2. The van der Waals surface area contributed by atoms with E-state index in [-0.39, 0.29) is 28.2 Å². The lowest BCUT2D eigenvalue weighted by Gasteiger charge is -2.26. The van der Waals surface area contributed by atoms with E-state index in [1.54, 1.807) is 23.1 Å². The first-order valence-corrected chi connectivity index (χ1v) is 13.1. The quantitative estimate of drug-likeness (QED) is 0.212. The van der Waals surface area contributed by atoms with Crippen LogP contribution in [0, 0.1) is 10.1 Å². The van der Waals surface area contributed by atoms with E-state index in [1.165, 1.54) is 17.0 Å². The molecule has 4 rings (SSSR count). The fourth-order valence-corrected chi connectivity index (χ4v) is 4.51. The second-order valence-electron chi connectivity index (χ2n) is 8.68. The van der Waals surface area contributed by atoms with Crippen LogP contribution in [0.25, 0.3) is 10.9 Å². The highest BCUT2D eigenvalue weighted by Crippen LogP contribution is 2.34. The lowest BCUT2D eigenvalue weighted by atomic mass is 10.1. The first-order valence-electron chi connectivity index (χ1n) is 11.9. The van der Waals surface area contributed by atoms with Crippen LogP contribution in [-0.4, -0.2) is 64.5 Å². The summed E-state index contributed by atoms with van der Waals surface area (Å²) in [6.07, 6.45) is 1.96. The van der Waals surface area contributed by atoms with Gasteiger partial charge in [-0.3, -0.25) is 19.7 Å². The standard InChI is InChI=1S/C25H25BrClN5O6/c1-3-15(2)24-29-20-5-4-17(26)11-19(20)25(34)31(24)28-13-16-10-18(27)12-21(32(35)36)23(16)38-14-22(33)30-6-8-37-9-7-30/h4-5,10-13,15H,3,6-9,14H2,1-2H3/t15-/m1/s1. The number of nitro benzene ring substituents is 1. The molecule has 0 aliphatic carbocycles. The number of fused-ring (bicyclic) bond motifs is 1. The minimum absolute atomic E-state index is 0.0695. The van der Waals surface area contributed by atoms with Gasteiger partial charge in [0.05, 0.1) is 35.3 Å². The van der Waals surface area contributed by atoms with Gasteiger partial charge in [0.1, 0.15) is 5.82 Å². The molecule has 1 aliphatic rings. The molecule has 38 heavy (non-hydrogen) atoms. The van der Waals surface area contributed by atoms with Crippen molar-refractivity contribution in [3.05, 3.63) is 71.7 Å². The normalized spacial score (nSPS) is 14.7. The molecule has 1 amide bonds. The van der Waals surface area contributed by atoms with Gasteiger partial charge in [0.2, 0.25) is 5.75 Å². The predicted molar refractivity (Wildman–Crippen MR) is 146 cm³/mol. The number of rotatable bonds is 8. The average Bonchev–Trinajstić information content (AvgIpc) is 2.91. The van der Waals surface area contributed by atoms with Gasteiger partial charge in [-0.1, -0.05) is 41.4 Å². The summed E-state index contributed by atoms with van der Waals surface area (Å²) in [5, 5.41) is 16.6. The van der Waals surface area contributed by atoms with Crippen LogP contribution in [0.15, 0.2) is 44.7 Å². The van der Waals surface area contributed by atoms with Crippen LogP contribution in [-0.2, 0) is 9.53 Å². The van der Waals surface area contributed by atoms with Crippen LogP contribution in [0.2, 0.25) is 5.02 Å². The number of aromatic nitrogens is 2. The van der Waals surface area contributed by atoms with Gasteiger partial charge >= 0.3 is 5.69 Å². The van der Waals surface area contributed by atoms with Crippen molar-refractivity contribution in [1.29, 1.82) is 0 Å². The summed E-state index contributed by atoms with van der Waals surface area (Å²) in [7, 11) is 0. The van der Waals surface area contributed by atoms with Crippen LogP contribution in [0.4, 0.5) is 5.69 Å². The van der Waals surface area contributed by atoms with Gasteiger partial charge in [0, 0.05) is 40.1 Å². The monoisotopic (exact) mass is 605 g/mol. The van der Waals surface area contributed by atoms with E-state index in [2.05, 4.69) is 26.0 Å². The van der Waals surface area contributed by atoms with E-state index in [0.717, 1.165) is 6.07 Å². The summed E-state index contributed by atoms with van der Waals surface area (Å²) in [4.78, 5) is 43.4. The highest BCUT2D eigenvalue weighted by molar-refractivity contribution is 9.10. The Morgan fingerprint density at radius 3 is 2.76 bits per heavy atom. The Bertz CT molecular complexity index is 1470. The SMILES string of the molecule is CC[C@@H](C)c1nc2ccc(Br)cc2c(=O)n1N=Cc1cc(Cl)cc([N+](=O)[O-])c1OCC(=O)N1CCOCC1. The summed E-state index contributed by atoms with van der Waals surface area (Å²) in [6, 6.07) is 7.77. The first kappa shape index (κ1) is 27.7. The van der Waals surface area contributed by atoms with Crippen LogP contribution in [0.3, 0.4) is 0 Å². The van der Waals surface area contributed by atoms with E-state index in [9.17, 15) is 19.7 Å². The largest absolute Gasteiger partial charge is 0.476 e. The van der Waals surface area contributed by atoms with Crippen molar-refractivity contribution in [2.24, 2.45) is 5.10 Å². The van der Waals surface area contributed by atoms with Gasteiger partial charge in [-0.25, -0.2) is 4.98 Å². The minimum atomic E-state index is -0.649. The van der Waals surface area contributed by atoms with Crippen molar-refractivity contribution < 1.29 is 19.2 Å². The Hall–Kier alpha value is -3.35. The third kappa shape index (κ3) is 6.03. The molecule has 200 valence electrons. The summed E-state index contributed by atoms with van der Waals surface area (Å²) >= 11 is 9.54. The Balaban J connectivity index is 1.77. The zero-order chi connectivity index (χ0) is 27.4. The van der Waals surface area contributed by atoms with Gasteiger partial charge < -0.3 is 14.4 Å². The fraction of sp³-hybridized carbons (Fsp3) is 0.360. The number of carbonyl (C=O) groups excluding carboxylic acids is 1. The Kier molecular flexibility index (Phi) is 8.75. The molecule has 0 spiro atoms. The van der Waals surface area contributed by atoms with E-state index in [1.807, 2.05) is 13.8 Å². The highest BCUT2D eigenvalue weighted by Gasteiger charge is 2.24. The van der Waals surface area contributed by atoms with Crippen molar-refractivity contribution in [3.8, 4) is 5.75 Å². The average molecular weight is 607 g/mol. The molecule has 1 aromatic heterocycles. The van der Waals surface area contributed by atoms with Gasteiger partial charge in [-0.05, 0) is 30.7 Å². The van der Waals surface area contributed by atoms with E-state index >= 15 is 0 Å². The van der Waals surface area contributed by atoms with Gasteiger partial charge in [0.15, 0.2) is 6.61 Å². The third-order valence-electron chi connectivity index (χ3n) is 6.16.